The van der Waals surface area contributed by atoms with Crippen molar-refractivity contribution in [3.05, 3.63) is 108 Å². The first kappa shape index (κ1) is 25.4. The molecule has 4 rings (SSSR count). The average Bonchev–Trinajstić information content (AvgIpc) is 2.92. The molecular formula is C28H23FN4O3S. The summed E-state index contributed by atoms with van der Waals surface area (Å²) in [5, 5.41) is 9.11. The van der Waals surface area contributed by atoms with Crippen molar-refractivity contribution in [2.75, 3.05) is 7.11 Å². The molecule has 0 fully saturated rings. The third-order valence-corrected chi connectivity index (χ3v) is 6.95. The van der Waals surface area contributed by atoms with Crippen LogP contribution in [-0.4, -0.2) is 21.5 Å². The fourth-order valence-electron chi connectivity index (χ4n) is 3.76. The Morgan fingerprint density at radius 2 is 1.65 bits per heavy atom. The molecule has 0 saturated carbocycles. The highest BCUT2D eigenvalue weighted by atomic mass is 32.2. The molecule has 186 valence electrons. The Labute approximate surface area is 214 Å². The van der Waals surface area contributed by atoms with Crippen molar-refractivity contribution in [2.45, 2.75) is 11.4 Å². The molecule has 0 saturated heterocycles. The SMILES string of the molecule is COc1ccc(-c2cc(CN=C(N)NS(=O)(=O)c3ccccc3)cc(F)c2-c2ccc(C#N)cc2)cc1. The molecule has 0 aliphatic carbocycles. The second kappa shape index (κ2) is 10.9. The van der Waals surface area contributed by atoms with E-state index >= 15 is 4.39 Å². The van der Waals surface area contributed by atoms with Crippen molar-refractivity contribution >= 4 is 16.0 Å². The number of halogens is 1. The summed E-state index contributed by atoms with van der Waals surface area (Å²) in [6.45, 7) is -0.0587. The Bertz CT molecular complexity index is 1580. The fraction of sp³-hybridized carbons (Fsp3) is 0.0714. The van der Waals surface area contributed by atoms with Crippen LogP contribution in [0.2, 0.25) is 0 Å². The Morgan fingerprint density at radius 3 is 2.27 bits per heavy atom. The summed E-state index contributed by atoms with van der Waals surface area (Å²) in [6, 6.07) is 26.8. The van der Waals surface area contributed by atoms with Crippen molar-refractivity contribution in [3.8, 4) is 34.1 Å². The fourth-order valence-corrected chi connectivity index (χ4v) is 4.74. The highest BCUT2D eigenvalue weighted by molar-refractivity contribution is 7.90. The maximum atomic E-state index is 15.5. The topological polar surface area (TPSA) is 118 Å². The Kier molecular flexibility index (Phi) is 7.51. The molecule has 9 heteroatoms. The van der Waals surface area contributed by atoms with Crippen LogP contribution in [0.4, 0.5) is 4.39 Å². The van der Waals surface area contributed by atoms with Crippen LogP contribution in [0.3, 0.4) is 0 Å². The zero-order valence-electron chi connectivity index (χ0n) is 19.9. The summed E-state index contributed by atoms with van der Waals surface area (Å²) >= 11 is 0. The molecule has 0 spiro atoms. The first-order chi connectivity index (χ1) is 17.8. The highest BCUT2D eigenvalue weighted by Gasteiger charge is 2.17. The van der Waals surface area contributed by atoms with E-state index in [4.69, 9.17) is 15.7 Å². The molecule has 0 radical (unpaired) electrons. The van der Waals surface area contributed by atoms with Crippen LogP contribution >= 0.6 is 0 Å². The van der Waals surface area contributed by atoms with Gasteiger partial charge >= 0.3 is 0 Å². The molecule has 0 bridgehead atoms. The Morgan fingerprint density at radius 1 is 1.00 bits per heavy atom. The van der Waals surface area contributed by atoms with Gasteiger partial charge in [0.25, 0.3) is 10.0 Å². The van der Waals surface area contributed by atoms with Gasteiger partial charge in [0.1, 0.15) is 11.6 Å². The van der Waals surface area contributed by atoms with Gasteiger partial charge in [-0.1, -0.05) is 42.5 Å². The molecule has 4 aromatic carbocycles. The van der Waals surface area contributed by atoms with Crippen LogP contribution in [-0.2, 0) is 16.6 Å². The van der Waals surface area contributed by atoms with E-state index in [-0.39, 0.29) is 17.4 Å². The number of nitriles is 1. The number of methoxy groups -OCH3 is 1. The molecule has 7 nitrogen and oxygen atoms in total. The summed E-state index contributed by atoms with van der Waals surface area (Å²) in [4.78, 5) is 4.16. The standard InChI is InChI=1S/C28H23FN4O3S/c1-36-23-13-11-21(12-14-23)25-15-20(16-26(29)27(25)22-9-7-19(17-30)8-10-22)18-32-28(31)33-37(34,35)24-5-3-2-4-6-24/h2-16H,18H2,1H3,(H3,31,32,33). The van der Waals surface area contributed by atoms with Crippen molar-refractivity contribution in [2.24, 2.45) is 10.7 Å². The normalized spacial score (nSPS) is 11.5. The number of benzene rings is 4. The number of sulfonamides is 1. The lowest BCUT2D eigenvalue weighted by atomic mass is 9.91. The van der Waals surface area contributed by atoms with Crippen LogP contribution < -0.4 is 15.2 Å². The number of guanidine groups is 1. The predicted molar refractivity (Wildman–Crippen MR) is 141 cm³/mol. The van der Waals surface area contributed by atoms with E-state index in [1.807, 2.05) is 12.1 Å². The highest BCUT2D eigenvalue weighted by Crippen LogP contribution is 2.36. The summed E-state index contributed by atoms with van der Waals surface area (Å²) in [5.74, 6) is -0.151. The molecule has 0 aliphatic heterocycles. The maximum Gasteiger partial charge on any atom is 0.264 e. The van der Waals surface area contributed by atoms with Gasteiger partial charge < -0.3 is 10.5 Å². The van der Waals surface area contributed by atoms with E-state index in [2.05, 4.69) is 15.8 Å². The smallest absolute Gasteiger partial charge is 0.264 e. The van der Waals surface area contributed by atoms with Gasteiger partial charge in [-0.25, -0.2) is 22.5 Å². The van der Waals surface area contributed by atoms with E-state index in [1.54, 1.807) is 67.8 Å². The quantitative estimate of drug-likeness (QED) is 0.271. The van der Waals surface area contributed by atoms with Gasteiger partial charge in [0.2, 0.25) is 5.96 Å². The number of ether oxygens (including phenoxy) is 1. The van der Waals surface area contributed by atoms with Crippen molar-refractivity contribution in [1.29, 1.82) is 5.26 Å². The number of rotatable bonds is 7. The maximum absolute atomic E-state index is 15.5. The number of nitrogens with zero attached hydrogens (tertiary/aromatic N) is 2. The van der Waals surface area contributed by atoms with Crippen LogP contribution in [0.5, 0.6) is 5.75 Å². The van der Waals surface area contributed by atoms with Gasteiger partial charge in [0, 0.05) is 5.56 Å². The summed E-state index contributed by atoms with van der Waals surface area (Å²) < 4.78 is 48.0. The van der Waals surface area contributed by atoms with E-state index in [0.717, 1.165) is 5.56 Å². The van der Waals surface area contributed by atoms with Gasteiger partial charge in [-0.3, -0.25) is 0 Å². The van der Waals surface area contributed by atoms with E-state index in [1.165, 1.54) is 18.2 Å². The minimum absolute atomic E-state index is 0.0488. The molecular weight excluding hydrogens is 491 g/mol. The first-order valence-electron chi connectivity index (χ1n) is 11.2. The number of hydrogen-bond donors (Lipinski definition) is 2. The van der Waals surface area contributed by atoms with Gasteiger partial charge in [-0.2, -0.15) is 5.26 Å². The number of nitrogens with one attached hydrogen (secondary N) is 1. The van der Waals surface area contributed by atoms with Gasteiger partial charge in [-0.05, 0) is 70.8 Å². The lowest BCUT2D eigenvalue weighted by Crippen LogP contribution is -2.36. The molecule has 0 aliphatic rings. The molecule has 0 heterocycles. The predicted octanol–water partition coefficient (Wildman–Crippen LogP) is 4.83. The minimum Gasteiger partial charge on any atom is -0.497 e. The van der Waals surface area contributed by atoms with E-state index in [0.29, 0.717) is 33.6 Å². The third-order valence-electron chi connectivity index (χ3n) is 5.58. The number of nitrogens with two attached hydrogens (primary N) is 1. The minimum atomic E-state index is -3.89. The van der Waals surface area contributed by atoms with Crippen LogP contribution in [0.1, 0.15) is 11.1 Å². The van der Waals surface area contributed by atoms with E-state index in [9.17, 15) is 8.42 Å². The molecule has 3 N–H and O–H groups in total. The molecule has 0 amide bonds. The monoisotopic (exact) mass is 514 g/mol. The van der Waals surface area contributed by atoms with Crippen LogP contribution in [0, 0.1) is 17.1 Å². The zero-order valence-corrected chi connectivity index (χ0v) is 20.7. The van der Waals surface area contributed by atoms with Gasteiger partial charge in [0.15, 0.2) is 0 Å². The Balaban J connectivity index is 1.70. The van der Waals surface area contributed by atoms with Crippen molar-refractivity contribution < 1.29 is 17.5 Å². The zero-order chi connectivity index (χ0) is 26.4. The van der Waals surface area contributed by atoms with Gasteiger partial charge in [0.05, 0.1) is 30.2 Å². The Hall–Kier alpha value is -4.68. The first-order valence-corrected chi connectivity index (χ1v) is 12.6. The summed E-state index contributed by atoms with van der Waals surface area (Å²) in [6.07, 6.45) is 0. The second-order valence-electron chi connectivity index (χ2n) is 8.04. The molecule has 0 unspecified atom stereocenters. The largest absolute Gasteiger partial charge is 0.497 e. The number of hydrogen-bond acceptors (Lipinski definition) is 5. The third kappa shape index (κ3) is 5.94. The summed E-state index contributed by atoms with van der Waals surface area (Å²) in [5.41, 5.74) is 9.10. The summed E-state index contributed by atoms with van der Waals surface area (Å²) in [7, 11) is -2.33. The van der Waals surface area contributed by atoms with Crippen molar-refractivity contribution in [3.63, 3.8) is 0 Å². The van der Waals surface area contributed by atoms with Crippen LogP contribution in [0.15, 0.2) is 101 Å². The average molecular weight is 515 g/mol. The lowest BCUT2D eigenvalue weighted by Gasteiger charge is -2.14. The molecule has 37 heavy (non-hydrogen) atoms. The molecule has 4 aromatic rings. The van der Waals surface area contributed by atoms with Crippen LogP contribution in [0.25, 0.3) is 22.3 Å². The lowest BCUT2D eigenvalue weighted by molar-refractivity contribution is 0.415. The van der Waals surface area contributed by atoms with Crippen molar-refractivity contribution in [1.82, 2.24) is 4.72 Å². The number of aliphatic imine (C=N–C) groups is 1. The second-order valence-corrected chi connectivity index (χ2v) is 9.72. The van der Waals surface area contributed by atoms with Gasteiger partial charge in [-0.15, -0.1) is 0 Å². The molecule has 0 aromatic heterocycles. The molecule has 0 atom stereocenters. The van der Waals surface area contributed by atoms with E-state index < -0.39 is 15.8 Å².